The summed E-state index contributed by atoms with van der Waals surface area (Å²) in [5.74, 6) is 0.926. The van der Waals surface area contributed by atoms with E-state index in [9.17, 15) is 9.59 Å². The standard InChI is InChI=1S/C25H27N5O2.C3H6/c1-17(31)19-12-15-30(16-13-19)23-9-7-22(8-10-23)28-25-26-14-11-24(29-25)20-3-5-21(6-4-20)27-18(2)32;1-3-2/h3-11,14,19H,12-13,15-16H2,1-2H3,(H,27,32)(H,26,28,29);3H,1H2,2H3. The van der Waals surface area contributed by atoms with Gasteiger partial charge in [-0.05, 0) is 69.2 Å². The third kappa shape index (κ3) is 7.50. The Bertz CT molecular complexity index is 1130. The third-order valence-electron chi connectivity index (χ3n) is 5.72. The van der Waals surface area contributed by atoms with Crippen molar-refractivity contribution in [3.05, 3.63) is 73.4 Å². The number of nitrogens with one attached hydrogen (secondary N) is 2. The van der Waals surface area contributed by atoms with Gasteiger partial charge in [-0.3, -0.25) is 9.59 Å². The zero-order valence-corrected chi connectivity index (χ0v) is 20.6. The summed E-state index contributed by atoms with van der Waals surface area (Å²) in [6.45, 7) is 10.2. The van der Waals surface area contributed by atoms with Crippen LogP contribution in [0, 0.1) is 5.92 Å². The first-order chi connectivity index (χ1) is 16.9. The van der Waals surface area contributed by atoms with Crippen LogP contribution in [0.5, 0.6) is 0 Å². The zero-order chi connectivity index (χ0) is 25.2. The molecule has 1 aliphatic heterocycles. The van der Waals surface area contributed by atoms with Gasteiger partial charge < -0.3 is 15.5 Å². The lowest BCUT2D eigenvalue weighted by atomic mass is 9.93. The summed E-state index contributed by atoms with van der Waals surface area (Å²) in [5.41, 5.74) is 4.55. The Labute approximate surface area is 207 Å². The molecule has 0 bridgehead atoms. The first-order valence-electron chi connectivity index (χ1n) is 11.8. The molecule has 2 heterocycles. The summed E-state index contributed by atoms with van der Waals surface area (Å²) in [6.07, 6.45) is 5.31. The highest BCUT2D eigenvalue weighted by molar-refractivity contribution is 5.88. The van der Waals surface area contributed by atoms with E-state index < -0.39 is 0 Å². The normalized spacial score (nSPS) is 13.3. The Morgan fingerprint density at radius 2 is 1.57 bits per heavy atom. The van der Waals surface area contributed by atoms with Crippen LogP contribution in [-0.2, 0) is 9.59 Å². The molecule has 1 fully saturated rings. The number of piperidine rings is 1. The van der Waals surface area contributed by atoms with Crippen molar-refractivity contribution < 1.29 is 9.59 Å². The van der Waals surface area contributed by atoms with E-state index in [2.05, 4.69) is 44.2 Å². The molecule has 1 saturated heterocycles. The van der Waals surface area contributed by atoms with E-state index in [4.69, 9.17) is 0 Å². The number of amides is 1. The molecule has 0 radical (unpaired) electrons. The summed E-state index contributed by atoms with van der Waals surface area (Å²) in [7, 11) is 0. The highest BCUT2D eigenvalue weighted by Crippen LogP contribution is 2.26. The van der Waals surface area contributed by atoms with Crippen LogP contribution in [-0.4, -0.2) is 34.7 Å². The Kier molecular flexibility index (Phi) is 9.12. The molecule has 3 aromatic rings. The molecule has 0 unspecified atom stereocenters. The molecule has 2 N–H and O–H groups in total. The fraction of sp³-hybridized carbons (Fsp3) is 0.286. The topological polar surface area (TPSA) is 87.2 Å². The summed E-state index contributed by atoms with van der Waals surface area (Å²) in [6, 6.07) is 17.6. The molecule has 0 atom stereocenters. The van der Waals surface area contributed by atoms with Crippen LogP contribution in [0.2, 0.25) is 0 Å². The van der Waals surface area contributed by atoms with Crippen LogP contribution in [0.1, 0.15) is 33.6 Å². The molecule has 7 nitrogen and oxygen atoms in total. The number of carbonyl (C=O) groups excluding carboxylic acids is 2. The van der Waals surface area contributed by atoms with E-state index in [0.717, 1.165) is 54.3 Å². The van der Waals surface area contributed by atoms with Crippen LogP contribution in [0.4, 0.5) is 23.0 Å². The van der Waals surface area contributed by atoms with Crippen LogP contribution < -0.4 is 15.5 Å². The van der Waals surface area contributed by atoms with E-state index in [1.165, 1.54) is 6.92 Å². The predicted octanol–water partition coefficient (Wildman–Crippen LogP) is 5.84. The summed E-state index contributed by atoms with van der Waals surface area (Å²) in [4.78, 5) is 34.0. The number of aromatic nitrogens is 2. The number of anilines is 4. The Balaban J connectivity index is 0.00000108. The van der Waals surface area contributed by atoms with Gasteiger partial charge in [0.25, 0.3) is 0 Å². The predicted molar refractivity (Wildman–Crippen MR) is 143 cm³/mol. The minimum atomic E-state index is -0.0992. The SMILES string of the molecule is C=CC.CC(=O)Nc1ccc(-c2ccnc(Nc3ccc(N4CCC(C(C)=O)CC4)cc3)n2)cc1. The number of nitrogens with zero attached hydrogens (tertiary/aromatic N) is 3. The summed E-state index contributed by atoms with van der Waals surface area (Å²) >= 11 is 0. The van der Waals surface area contributed by atoms with E-state index in [1.807, 2.05) is 49.4 Å². The molecule has 35 heavy (non-hydrogen) atoms. The van der Waals surface area contributed by atoms with Gasteiger partial charge in [-0.1, -0.05) is 18.2 Å². The molecule has 2 aromatic carbocycles. The number of ketones is 1. The molecule has 0 saturated carbocycles. The van der Waals surface area contributed by atoms with E-state index in [-0.39, 0.29) is 11.8 Å². The van der Waals surface area contributed by atoms with E-state index in [0.29, 0.717) is 11.7 Å². The van der Waals surface area contributed by atoms with Gasteiger partial charge >= 0.3 is 0 Å². The maximum absolute atomic E-state index is 11.6. The minimum Gasteiger partial charge on any atom is -0.371 e. The number of Topliss-reactive ketones (excluding diaryl/α,β-unsaturated/α-hetero) is 1. The minimum absolute atomic E-state index is 0.0992. The van der Waals surface area contributed by atoms with Crippen molar-refractivity contribution in [1.82, 2.24) is 9.97 Å². The maximum Gasteiger partial charge on any atom is 0.227 e. The lowest BCUT2D eigenvalue weighted by Gasteiger charge is -2.32. The van der Waals surface area contributed by atoms with Gasteiger partial charge in [-0.15, -0.1) is 6.58 Å². The largest absolute Gasteiger partial charge is 0.371 e. The fourth-order valence-electron chi connectivity index (χ4n) is 3.94. The van der Waals surface area contributed by atoms with Crippen molar-refractivity contribution in [3.63, 3.8) is 0 Å². The number of rotatable bonds is 6. The number of allylic oxidation sites excluding steroid dienone is 1. The molecule has 0 spiro atoms. The van der Waals surface area contributed by atoms with Crippen molar-refractivity contribution in [2.24, 2.45) is 5.92 Å². The highest BCUT2D eigenvalue weighted by Gasteiger charge is 2.22. The first kappa shape index (κ1) is 25.6. The molecule has 0 aliphatic carbocycles. The molecule has 4 rings (SSSR count). The van der Waals surface area contributed by atoms with Crippen molar-refractivity contribution in [2.75, 3.05) is 28.6 Å². The molecular weight excluding hydrogens is 438 g/mol. The third-order valence-corrected chi connectivity index (χ3v) is 5.72. The molecule has 1 aliphatic rings. The van der Waals surface area contributed by atoms with Gasteiger partial charge in [0.05, 0.1) is 5.69 Å². The van der Waals surface area contributed by atoms with Crippen LogP contribution in [0.3, 0.4) is 0 Å². The number of carbonyl (C=O) groups is 2. The smallest absolute Gasteiger partial charge is 0.227 e. The Morgan fingerprint density at radius 3 is 2.14 bits per heavy atom. The number of hydrogen-bond donors (Lipinski definition) is 2. The molecule has 1 amide bonds. The van der Waals surface area contributed by atoms with Crippen molar-refractivity contribution in [2.45, 2.75) is 33.6 Å². The number of hydrogen-bond acceptors (Lipinski definition) is 6. The summed E-state index contributed by atoms with van der Waals surface area (Å²) < 4.78 is 0. The quantitative estimate of drug-likeness (QED) is 0.439. The second-order valence-electron chi connectivity index (χ2n) is 8.48. The van der Waals surface area contributed by atoms with Gasteiger partial charge in [0.2, 0.25) is 11.9 Å². The van der Waals surface area contributed by atoms with Crippen molar-refractivity contribution >= 4 is 34.7 Å². The molecule has 182 valence electrons. The fourth-order valence-corrected chi connectivity index (χ4v) is 3.94. The van der Waals surface area contributed by atoms with Gasteiger partial charge in [0, 0.05) is 54.8 Å². The second-order valence-corrected chi connectivity index (χ2v) is 8.48. The van der Waals surface area contributed by atoms with Crippen LogP contribution >= 0.6 is 0 Å². The summed E-state index contributed by atoms with van der Waals surface area (Å²) in [5, 5.41) is 6.02. The Morgan fingerprint density at radius 1 is 0.971 bits per heavy atom. The Hall–Kier alpha value is -4.00. The van der Waals surface area contributed by atoms with E-state index in [1.54, 1.807) is 19.2 Å². The molecule has 7 heteroatoms. The highest BCUT2D eigenvalue weighted by atomic mass is 16.1. The van der Waals surface area contributed by atoms with Crippen molar-refractivity contribution in [3.8, 4) is 11.3 Å². The van der Waals surface area contributed by atoms with Gasteiger partial charge in [-0.25, -0.2) is 9.97 Å². The molecule has 1 aromatic heterocycles. The second kappa shape index (κ2) is 12.5. The van der Waals surface area contributed by atoms with Crippen LogP contribution in [0.15, 0.2) is 73.4 Å². The van der Waals surface area contributed by atoms with E-state index >= 15 is 0 Å². The van der Waals surface area contributed by atoms with Gasteiger partial charge in [0.15, 0.2) is 0 Å². The average molecular weight is 472 g/mol. The monoisotopic (exact) mass is 471 g/mol. The zero-order valence-electron chi connectivity index (χ0n) is 20.6. The maximum atomic E-state index is 11.6. The molecular formula is C28H33N5O2. The first-order valence-corrected chi connectivity index (χ1v) is 11.8. The lowest BCUT2D eigenvalue weighted by Crippen LogP contribution is -2.35. The number of benzene rings is 2. The average Bonchev–Trinajstić information content (AvgIpc) is 2.85. The van der Waals surface area contributed by atoms with Gasteiger partial charge in [-0.2, -0.15) is 0 Å². The van der Waals surface area contributed by atoms with Crippen molar-refractivity contribution in [1.29, 1.82) is 0 Å². The van der Waals surface area contributed by atoms with Crippen LogP contribution in [0.25, 0.3) is 11.3 Å². The lowest BCUT2D eigenvalue weighted by molar-refractivity contribution is -0.121. The van der Waals surface area contributed by atoms with Gasteiger partial charge in [0.1, 0.15) is 5.78 Å².